The Morgan fingerprint density at radius 3 is 2.13 bits per heavy atom. The third-order valence-corrected chi connectivity index (χ3v) is 5.25. The molecule has 0 aliphatic heterocycles. The van der Waals surface area contributed by atoms with E-state index in [-0.39, 0.29) is 17.9 Å². The highest BCUT2D eigenvalue weighted by Crippen LogP contribution is 2.20. The van der Waals surface area contributed by atoms with Gasteiger partial charge in [-0.3, -0.25) is 9.59 Å². The van der Waals surface area contributed by atoms with Crippen LogP contribution in [0.15, 0.2) is 24.3 Å². The van der Waals surface area contributed by atoms with Crippen LogP contribution < -0.4 is 4.74 Å². The fraction of sp³-hybridized carbons (Fsp3) is 0.652. The summed E-state index contributed by atoms with van der Waals surface area (Å²) in [5.41, 5.74) is 0.857. The van der Waals surface area contributed by atoms with Gasteiger partial charge >= 0.3 is 11.9 Å². The molecule has 0 spiro atoms. The predicted octanol–water partition coefficient (Wildman–Crippen LogP) is 3.45. The van der Waals surface area contributed by atoms with Crippen molar-refractivity contribution in [1.29, 1.82) is 0 Å². The van der Waals surface area contributed by atoms with Crippen molar-refractivity contribution in [2.75, 3.05) is 40.4 Å². The van der Waals surface area contributed by atoms with Crippen LogP contribution in [-0.2, 0) is 14.3 Å². The van der Waals surface area contributed by atoms with Gasteiger partial charge in [0.25, 0.3) is 0 Å². The maximum absolute atomic E-state index is 11.1. The van der Waals surface area contributed by atoms with Crippen LogP contribution in [0.1, 0.15) is 39.2 Å². The number of aliphatic carboxylic acids is 2. The van der Waals surface area contributed by atoms with Crippen LogP contribution >= 0.6 is 0 Å². The first-order valence-electron chi connectivity index (χ1n) is 10.4. The Labute approximate surface area is 180 Å². The molecule has 1 atom stereocenters. The zero-order valence-electron chi connectivity index (χ0n) is 19.2. The Kier molecular flexibility index (Phi) is 9.78. The Morgan fingerprint density at radius 2 is 1.60 bits per heavy atom. The highest BCUT2D eigenvalue weighted by atomic mass is 16.5. The molecule has 0 bridgehead atoms. The van der Waals surface area contributed by atoms with Gasteiger partial charge in [-0.25, -0.2) is 0 Å². The molecular weight excluding hydrogens is 386 g/mol. The normalized spacial score (nSPS) is 13.3. The molecule has 30 heavy (non-hydrogen) atoms. The number of nitrogens with zero attached hydrogens (tertiary/aromatic N) is 1. The Balaban J connectivity index is 2.39. The van der Waals surface area contributed by atoms with E-state index in [0.29, 0.717) is 24.2 Å². The van der Waals surface area contributed by atoms with Gasteiger partial charge in [-0.2, -0.15) is 0 Å². The molecule has 0 saturated heterocycles. The van der Waals surface area contributed by atoms with Gasteiger partial charge in [-0.15, -0.1) is 0 Å². The van der Waals surface area contributed by atoms with Gasteiger partial charge in [-0.1, -0.05) is 24.6 Å². The van der Waals surface area contributed by atoms with Crippen LogP contribution in [0.2, 0.25) is 0 Å². The van der Waals surface area contributed by atoms with Gasteiger partial charge in [0.1, 0.15) is 5.75 Å². The number of carboxylic acid groups (broad SMARTS) is 2. The van der Waals surface area contributed by atoms with Crippen LogP contribution in [0.25, 0.3) is 0 Å². The molecule has 0 aromatic heterocycles. The Bertz CT molecular complexity index is 669. The minimum Gasteiger partial charge on any atom is -0.493 e. The highest BCUT2D eigenvalue weighted by Gasteiger charge is 2.30. The van der Waals surface area contributed by atoms with Crippen LogP contribution in [0.3, 0.4) is 0 Å². The molecule has 170 valence electrons. The molecule has 7 heteroatoms. The summed E-state index contributed by atoms with van der Waals surface area (Å²) in [5, 5.41) is 18.1. The predicted molar refractivity (Wildman–Crippen MR) is 116 cm³/mol. The summed E-state index contributed by atoms with van der Waals surface area (Å²) in [7, 11) is 3.96. The first kappa shape index (κ1) is 25.9. The number of quaternary nitrogens is 1. The molecule has 7 nitrogen and oxygen atoms in total. The maximum atomic E-state index is 11.1. The van der Waals surface area contributed by atoms with Crippen molar-refractivity contribution >= 4 is 11.9 Å². The van der Waals surface area contributed by atoms with E-state index in [9.17, 15) is 9.59 Å². The lowest BCUT2D eigenvalue weighted by molar-refractivity contribution is -0.891. The zero-order valence-corrected chi connectivity index (χ0v) is 19.2. The number of carboxylic acids is 2. The first-order valence-corrected chi connectivity index (χ1v) is 10.4. The van der Waals surface area contributed by atoms with Crippen LogP contribution in [0, 0.1) is 18.8 Å². The van der Waals surface area contributed by atoms with Crippen molar-refractivity contribution in [3.8, 4) is 5.75 Å². The van der Waals surface area contributed by atoms with Gasteiger partial charge in [0, 0.05) is 18.8 Å². The smallest absolute Gasteiger partial charge is 0.318 e. The Hall–Kier alpha value is -2.12. The fourth-order valence-electron chi connectivity index (χ4n) is 2.88. The summed E-state index contributed by atoms with van der Waals surface area (Å²) < 4.78 is 12.5. The second-order valence-electron chi connectivity index (χ2n) is 9.45. The number of carbonyl (C=O) groups is 2. The molecule has 1 unspecified atom stereocenters. The van der Waals surface area contributed by atoms with Gasteiger partial charge in [0.2, 0.25) is 0 Å². The van der Waals surface area contributed by atoms with E-state index < -0.39 is 17.9 Å². The number of aryl methyl sites for hydroxylation is 1. The van der Waals surface area contributed by atoms with Gasteiger partial charge in [-0.05, 0) is 32.9 Å². The molecule has 0 amide bonds. The highest BCUT2D eigenvalue weighted by molar-refractivity contribution is 5.92. The van der Waals surface area contributed by atoms with Gasteiger partial charge in [0.05, 0.1) is 46.0 Å². The van der Waals surface area contributed by atoms with Crippen LogP contribution in [0.4, 0.5) is 0 Å². The number of benzene rings is 1. The van der Waals surface area contributed by atoms with Crippen LogP contribution in [-0.4, -0.2) is 72.6 Å². The standard InChI is InChI=1S/C23H37NO6/c1-17-7-9-19(10-8-17)29-15-18(2)16-30-23(3,4)12-14-24(5,6)13-11-20(21(25)26)22(27)28/h7-10,18,20H,11-16H2,1-6H3,(H-,25,26,27,28)/p+1. The minimum atomic E-state index is -1.36. The second-order valence-corrected chi connectivity index (χ2v) is 9.45. The fourth-order valence-corrected chi connectivity index (χ4v) is 2.88. The average molecular weight is 425 g/mol. The van der Waals surface area contributed by atoms with E-state index >= 15 is 0 Å². The number of hydrogen-bond acceptors (Lipinski definition) is 4. The molecule has 0 heterocycles. The molecule has 2 N–H and O–H groups in total. The van der Waals surface area contributed by atoms with E-state index in [1.54, 1.807) is 0 Å². The van der Waals surface area contributed by atoms with Crippen LogP contribution in [0.5, 0.6) is 5.75 Å². The number of hydrogen-bond donors (Lipinski definition) is 2. The summed E-state index contributed by atoms with van der Waals surface area (Å²) in [6.45, 7) is 10.6. The SMILES string of the molecule is Cc1ccc(OCC(C)COC(C)(C)CC[N+](C)(C)CCC(C(=O)O)C(=O)O)cc1. The lowest BCUT2D eigenvalue weighted by Gasteiger charge is -2.35. The van der Waals surface area contributed by atoms with E-state index in [1.165, 1.54) is 5.56 Å². The minimum absolute atomic E-state index is 0.104. The number of rotatable bonds is 14. The largest absolute Gasteiger partial charge is 0.493 e. The summed E-state index contributed by atoms with van der Waals surface area (Å²) in [5.74, 6) is -2.84. The van der Waals surface area contributed by atoms with Crippen molar-refractivity contribution in [3.05, 3.63) is 29.8 Å². The molecular formula is C23H38NO6+. The summed E-state index contributed by atoms with van der Waals surface area (Å²) in [6, 6.07) is 7.97. The Morgan fingerprint density at radius 1 is 1.03 bits per heavy atom. The van der Waals surface area contributed by atoms with Crippen molar-refractivity contribution in [2.24, 2.45) is 11.8 Å². The van der Waals surface area contributed by atoms with E-state index in [0.717, 1.165) is 18.7 Å². The van der Waals surface area contributed by atoms with Crippen molar-refractivity contribution in [1.82, 2.24) is 0 Å². The third-order valence-electron chi connectivity index (χ3n) is 5.25. The van der Waals surface area contributed by atoms with Gasteiger partial charge < -0.3 is 24.2 Å². The topological polar surface area (TPSA) is 93.1 Å². The molecule has 0 radical (unpaired) electrons. The summed E-state index contributed by atoms with van der Waals surface area (Å²) in [6.07, 6.45) is 0.878. The quantitative estimate of drug-likeness (QED) is 0.351. The van der Waals surface area contributed by atoms with E-state index in [1.807, 2.05) is 59.1 Å². The first-order chi connectivity index (χ1) is 13.8. The maximum Gasteiger partial charge on any atom is 0.318 e. The average Bonchev–Trinajstić information content (AvgIpc) is 2.64. The molecule has 0 aliphatic carbocycles. The molecule has 0 fully saturated rings. The molecule has 1 rings (SSSR count). The second kappa shape index (κ2) is 11.3. The van der Waals surface area contributed by atoms with E-state index in [2.05, 4.69) is 6.92 Å². The summed E-state index contributed by atoms with van der Waals surface area (Å²) >= 11 is 0. The molecule has 1 aromatic rings. The van der Waals surface area contributed by atoms with Gasteiger partial charge in [0.15, 0.2) is 5.92 Å². The van der Waals surface area contributed by atoms with Crippen molar-refractivity contribution in [3.63, 3.8) is 0 Å². The molecule has 0 saturated carbocycles. The van der Waals surface area contributed by atoms with E-state index in [4.69, 9.17) is 19.7 Å². The van der Waals surface area contributed by atoms with Crippen molar-refractivity contribution < 1.29 is 33.8 Å². The third kappa shape index (κ3) is 10.1. The molecule has 1 aromatic carbocycles. The molecule has 0 aliphatic rings. The zero-order chi connectivity index (χ0) is 22.9. The summed E-state index contributed by atoms with van der Waals surface area (Å²) in [4.78, 5) is 22.1. The van der Waals surface area contributed by atoms with Crippen molar-refractivity contribution in [2.45, 2.75) is 46.1 Å². The number of ether oxygens (including phenoxy) is 2. The lowest BCUT2D eigenvalue weighted by atomic mass is 10.0. The monoisotopic (exact) mass is 424 g/mol. The lowest BCUT2D eigenvalue weighted by Crippen LogP contribution is -2.46.